The lowest BCUT2D eigenvalue weighted by atomic mass is 10.1. The summed E-state index contributed by atoms with van der Waals surface area (Å²) in [6, 6.07) is 8.85. The summed E-state index contributed by atoms with van der Waals surface area (Å²) in [5.74, 6) is -0.551. The lowest BCUT2D eigenvalue weighted by Crippen LogP contribution is -1.97. The van der Waals surface area contributed by atoms with Crippen LogP contribution in [0.5, 0.6) is 0 Å². The summed E-state index contributed by atoms with van der Waals surface area (Å²) in [6.07, 6.45) is 6.61. The zero-order valence-electron chi connectivity index (χ0n) is 12.7. The normalized spacial score (nSPS) is 10.9. The average Bonchev–Trinajstić information content (AvgIpc) is 3.20. The first-order valence-electron chi connectivity index (χ1n) is 7.18. The molecule has 0 fully saturated rings. The number of hydrogen-bond donors (Lipinski definition) is 0. The van der Waals surface area contributed by atoms with Gasteiger partial charge in [-0.25, -0.2) is 9.97 Å². The summed E-state index contributed by atoms with van der Waals surface area (Å²) in [7, 11) is 1.84. The third kappa shape index (κ3) is 2.21. The number of rotatable bonds is 2. The SMILES string of the molecule is Cn1cc(-c2cc(-c3ccc(F)nc3)n3c(C#N)cnc3c2)cn1. The third-order valence-electron chi connectivity index (χ3n) is 3.78. The molecular weight excluding hydrogens is 307 g/mol. The van der Waals surface area contributed by atoms with Gasteiger partial charge in [-0.3, -0.25) is 9.08 Å². The lowest BCUT2D eigenvalue weighted by molar-refractivity contribution is 0.584. The minimum atomic E-state index is -0.551. The van der Waals surface area contributed by atoms with Crippen LogP contribution in [0.3, 0.4) is 0 Å². The Morgan fingerprint density at radius 2 is 1.92 bits per heavy atom. The summed E-state index contributed by atoms with van der Waals surface area (Å²) < 4.78 is 16.6. The second-order valence-electron chi connectivity index (χ2n) is 5.35. The monoisotopic (exact) mass is 318 g/mol. The second kappa shape index (κ2) is 5.28. The van der Waals surface area contributed by atoms with Crippen LogP contribution >= 0.6 is 0 Å². The molecule has 0 saturated heterocycles. The minimum Gasteiger partial charge on any atom is -0.284 e. The fraction of sp³-hybridized carbons (Fsp3) is 0.0588. The fourth-order valence-electron chi connectivity index (χ4n) is 2.67. The van der Waals surface area contributed by atoms with Gasteiger partial charge in [-0.2, -0.15) is 14.8 Å². The standard InChI is InChI=1S/C17H11FN6/c1-23-10-13(8-22-23)12-4-15(11-2-3-16(18)20-7-11)24-14(6-19)9-21-17(24)5-12/h2-5,7-10H,1H3. The van der Waals surface area contributed by atoms with Crippen LogP contribution in [0.15, 0.2) is 49.1 Å². The molecule has 0 bridgehead atoms. The molecule has 0 atom stereocenters. The fourth-order valence-corrected chi connectivity index (χ4v) is 2.67. The Labute approximate surface area is 136 Å². The van der Waals surface area contributed by atoms with E-state index in [4.69, 9.17) is 0 Å². The summed E-state index contributed by atoms with van der Waals surface area (Å²) in [5.41, 5.74) is 4.28. The summed E-state index contributed by atoms with van der Waals surface area (Å²) >= 11 is 0. The van der Waals surface area contributed by atoms with Gasteiger partial charge in [-0.15, -0.1) is 0 Å². The van der Waals surface area contributed by atoms with Crippen molar-refractivity contribution in [2.45, 2.75) is 0 Å². The van der Waals surface area contributed by atoms with E-state index in [1.807, 2.05) is 25.4 Å². The van der Waals surface area contributed by atoms with Crippen molar-refractivity contribution in [1.82, 2.24) is 24.1 Å². The van der Waals surface area contributed by atoms with E-state index in [1.54, 1.807) is 21.3 Å². The average molecular weight is 318 g/mol. The van der Waals surface area contributed by atoms with Gasteiger partial charge >= 0.3 is 0 Å². The molecule has 116 valence electrons. The quantitative estimate of drug-likeness (QED) is 0.533. The number of imidazole rings is 1. The van der Waals surface area contributed by atoms with E-state index in [-0.39, 0.29) is 0 Å². The van der Waals surface area contributed by atoms with Crippen LogP contribution in [0, 0.1) is 17.3 Å². The molecule has 0 amide bonds. The van der Waals surface area contributed by atoms with Gasteiger partial charge in [0.15, 0.2) is 0 Å². The van der Waals surface area contributed by atoms with Crippen molar-refractivity contribution in [2.75, 3.05) is 0 Å². The van der Waals surface area contributed by atoms with E-state index in [9.17, 15) is 9.65 Å². The number of nitrogens with zero attached hydrogens (tertiary/aromatic N) is 6. The molecule has 0 radical (unpaired) electrons. The van der Waals surface area contributed by atoms with E-state index in [2.05, 4.69) is 21.1 Å². The highest BCUT2D eigenvalue weighted by molar-refractivity contribution is 5.75. The molecular formula is C17H11FN6. The molecule has 4 heterocycles. The third-order valence-corrected chi connectivity index (χ3v) is 3.78. The Kier molecular flexibility index (Phi) is 3.10. The Bertz CT molecular complexity index is 1080. The summed E-state index contributed by atoms with van der Waals surface area (Å²) in [6.45, 7) is 0. The van der Waals surface area contributed by atoms with Crippen LogP contribution in [0.25, 0.3) is 28.0 Å². The van der Waals surface area contributed by atoms with Gasteiger partial charge in [0.2, 0.25) is 5.95 Å². The maximum absolute atomic E-state index is 13.2. The molecule has 0 N–H and O–H groups in total. The van der Waals surface area contributed by atoms with E-state index >= 15 is 0 Å². The smallest absolute Gasteiger partial charge is 0.212 e. The minimum absolute atomic E-state index is 0.405. The molecule has 0 aliphatic heterocycles. The zero-order chi connectivity index (χ0) is 16.7. The topological polar surface area (TPSA) is 71.8 Å². The van der Waals surface area contributed by atoms with Crippen molar-refractivity contribution in [1.29, 1.82) is 5.26 Å². The molecule has 0 saturated carbocycles. The van der Waals surface area contributed by atoms with Gasteiger partial charge in [-0.1, -0.05) is 0 Å². The van der Waals surface area contributed by atoms with Gasteiger partial charge in [-0.05, 0) is 29.8 Å². The first kappa shape index (κ1) is 14.1. The predicted octanol–water partition coefficient (Wildman–Crippen LogP) is 2.81. The first-order chi connectivity index (χ1) is 11.7. The molecule has 4 aromatic heterocycles. The Hall–Kier alpha value is -3.53. The van der Waals surface area contributed by atoms with Crippen molar-refractivity contribution in [3.05, 3.63) is 60.7 Å². The largest absolute Gasteiger partial charge is 0.284 e. The first-order valence-corrected chi connectivity index (χ1v) is 7.18. The van der Waals surface area contributed by atoms with Crippen LogP contribution in [-0.2, 0) is 7.05 Å². The molecule has 7 heteroatoms. The molecule has 4 aromatic rings. The van der Waals surface area contributed by atoms with Gasteiger partial charge in [0.05, 0.1) is 18.1 Å². The van der Waals surface area contributed by atoms with Crippen molar-refractivity contribution in [3.8, 4) is 28.5 Å². The van der Waals surface area contributed by atoms with E-state index in [0.717, 1.165) is 11.1 Å². The Morgan fingerprint density at radius 1 is 1.04 bits per heavy atom. The highest BCUT2D eigenvalue weighted by Gasteiger charge is 2.13. The number of aryl methyl sites for hydroxylation is 1. The molecule has 0 aromatic carbocycles. The highest BCUT2D eigenvalue weighted by Crippen LogP contribution is 2.29. The maximum Gasteiger partial charge on any atom is 0.212 e. The number of nitriles is 1. The van der Waals surface area contributed by atoms with Crippen LogP contribution in [-0.4, -0.2) is 24.1 Å². The van der Waals surface area contributed by atoms with E-state index < -0.39 is 5.95 Å². The molecule has 24 heavy (non-hydrogen) atoms. The summed E-state index contributed by atoms with van der Waals surface area (Å²) in [5, 5.41) is 13.5. The maximum atomic E-state index is 13.2. The number of aromatic nitrogens is 5. The van der Waals surface area contributed by atoms with Crippen molar-refractivity contribution in [2.24, 2.45) is 7.05 Å². The van der Waals surface area contributed by atoms with Gasteiger partial charge < -0.3 is 0 Å². The number of fused-ring (bicyclic) bond motifs is 1. The summed E-state index contributed by atoms with van der Waals surface area (Å²) in [4.78, 5) is 8.01. The molecule has 4 rings (SSSR count). The zero-order valence-corrected chi connectivity index (χ0v) is 12.7. The molecule has 0 aliphatic carbocycles. The van der Waals surface area contributed by atoms with Gasteiger partial charge in [0.1, 0.15) is 17.4 Å². The van der Waals surface area contributed by atoms with Crippen molar-refractivity contribution < 1.29 is 4.39 Å². The Morgan fingerprint density at radius 3 is 2.58 bits per heavy atom. The van der Waals surface area contributed by atoms with Crippen molar-refractivity contribution in [3.63, 3.8) is 0 Å². The van der Waals surface area contributed by atoms with Crippen LogP contribution in [0.4, 0.5) is 4.39 Å². The number of pyridine rings is 2. The van der Waals surface area contributed by atoms with Gasteiger partial charge in [0, 0.05) is 30.6 Å². The molecule has 0 spiro atoms. The highest BCUT2D eigenvalue weighted by atomic mass is 19.1. The van der Waals surface area contributed by atoms with Gasteiger partial charge in [0.25, 0.3) is 0 Å². The van der Waals surface area contributed by atoms with E-state index in [0.29, 0.717) is 22.6 Å². The van der Waals surface area contributed by atoms with Crippen LogP contribution in [0.2, 0.25) is 0 Å². The lowest BCUT2D eigenvalue weighted by Gasteiger charge is -2.09. The molecule has 6 nitrogen and oxygen atoms in total. The van der Waals surface area contributed by atoms with Crippen LogP contribution < -0.4 is 0 Å². The molecule has 0 aliphatic rings. The molecule has 0 unspecified atom stereocenters. The second-order valence-corrected chi connectivity index (χ2v) is 5.35. The van der Waals surface area contributed by atoms with Crippen molar-refractivity contribution >= 4 is 5.65 Å². The Balaban J connectivity index is 2.02. The number of halogens is 1. The predicted molar refractivity (Wildman–Crippen MR) is 85.3 cm³/mol. The number of hydrogen-bond acceptors (Lipinski definition) is 4. The van der Waals surface area contributed by atoms with E-state index in [1.165, 1.54) is 18.5 Å². The van der Waals surface area contributed by atoms with Crippen LogP contribution in [0.1, 0.15) is 5.69 Å².